The number of carbonyl (C=O) groups is 1. The number of esters is 1. The molecule has 0 fully saturated rings. The van der Waals surface area contributed by atoms with Crippen LogP contribution in [0.3, 0.4) is 0 Å². The molecule has 0 saturated carbocycles. The van der Waals surface area contributed by atoms with Gasteiger partial charge in [0.1, 0.15) is 18.2 Å². The molecule has 0 aromatic heterocycles. The number of halogens is 3. The van der Waals surface area contributed by atoms with Crippen LogP contribution in [-0.2, 0) is 16.1 Å². The fraction of sp³-hybridized carbons (Fsp3) is 0.120. The normalized spacial score (nSPS) is 14.2. The number of nitrogens with zero attached hydrogens (tertiary/aromatic N) is 1. The van der Waals surface area contributed by atoms with Crippen molar-refractivity contribution in [1.82, 2.24) is 0 Å². The molecular weight excluding hydrogens is 543 g/mol. The Hall–Kier alpha value is -3.27. The fourth-order valence-electron chi connectivity index (χ4n) is 3.17. The molecule has 3 aromatic carbocycles. The van der Waals surface area contributed by atoms with Crippen molar-refractivity contribution >= 4 is 40.5 Å². The van der Waals surface area contributed by atoms with Crippen LogP contribution < -0.4 is 9.47 Å². The Balaban J connectivity index is 1.61. The number of carbonyl (C=O) groups excluding carboxylic acids is 1. The van der Waals surface area contributed by atoms with Crippen LogP contribution in [0, 0.1) is 15.2 Å². The largest absolute Gasteiger partial charge is 0.490 e. The lowest BCUT2D eigenvalue weighted by Crippen LogP contribution is -2.05. The fourth-order valence-corrected chi connectivity index (χ4v) is 3.95. The van der Waals surface area contributed by atoms with Gasteiger partial charge < -0.3 is 14.2 Å². The summed E-state index contributed by atoms with van der Waals surface area (Å²) in [5, 5.41) is 0. The molecule has 3 aromatic rings. The van der Waals surface area contributed by atoms with Gasteiger partial charge >= 0.3 is 5.97 Å². The van der Waals surface area contributed by atoms with Crippen LogP contribution in [0.4, 0.5) is 8.78 Å². The third-order valence-electron chi connectivity index (χ3n) is 4.60. The number of benzene rings is 3. The molecule has 0 radical (unpaired) electrons. The maximum atomic E-state index is 13.5. The lowest BCUT2D eigenvalue weighted by Gasteiger charge is -2.15. The van der Waals surface area contributed by atoms with E-state index in [2.05, 4.69) is 27.6 Å². The number of hydrogen-bond acceptors (Lipinski definition) is 5. The highest BCUT2D eigenvalue weighted by molar-refractivity contribution is 14.1. The molecule has 0 atom stereocenters. The van der Waals surface area contributed by atoms with E-state index in [4.69, 9.17) is 14.2 Å². The molecule has 1 aliphatic rings. The summed E-state index contributed by atoms with van der Waals surface area (Å²) >= 11 is 2.11. The Kier molecular flexibility index (Phi) is 7.02. The van der Waals surface area contributed by atoms with Crippen molar-refractivity contribution in [3.05, 3.63) is 98.3 Å². The molecule has 0 saturated heterocycles. The van der Waals surface area contributed by atoms with Gasteiger partial charge in [0, 0.05) is 5.56 Å². The molecule has 8 heteroatoms. The highest BCUT2D eigenvalue weighted by atomic mass is 127. The first-order chi connectivity index (χ1) is 15.9. The third kappa shape index (κ3) is 5.57. The predicted octanol–water partition coefficient (Wildman–Crippen LogP) is 5.89. The first-order valence-electron chi connectivity index (χ1n) is 10.0. The van der Waals surface area contributed by atoms with E-state index in [1.54, 1.807) is 36.4 Å². The summed E-state index contributed by atoms with van der Waals surface area (Å²) in [7, 11) is 0. The minimum atomic E-state index is -0.631. The molecule has 0 unspecified atom stereocenters. The standard InChI is InChI=1S/C25H18F2INO4/c1-2-31-22-12-16(10-20(28)23(22)32-14-15-5-3-7-18(26)9-15)11-21-25(30)33-24(29-21)17-6-4-8-19(27)13-17/h3-13H,2,14H2,1H3. The van der Waals surface area contributed by atoms with Crippen molar-refractivity contribution in [3.63, 3.8) is 0 Å². The first kappa shape index (κ1) is 22.9. The molecule has 33 heavy (non-hydrogen) atoms. The van der Waals surface area contributed by atoms with Crippen molar-refractivity contribution in [1.29, 1.82) is 0 Å². The van der Waals surface area contributed by atoms with Crippen molar-refractivity contribution < 1.29 is 27.8 Å². The summed E-state index contributed by atoms with van der Waals surface area (Å²) in [6.45, 7) is 2.41. The SMILES string of the molecule is CCOc1cc(C=C2N=C(c3cccc(F)c3)OC2=O)cc(I)c1OCc1cccc(F)c1. The van der Waals surface area contributed by atoms with Crippen molar-refractivity contribution in [2.45, 2.75) is 13.5 Å². The number of rotatable bonds is 7. The van der Waals surface area contributed by atoms with E-state index in [1.165, 1.54) is 30.3 Å². The third-order valence-corrected chi connectivity index (χ3v) is 5.40. The van der Waals surface area contributed by atoms with Crippen LogP contribution in [0.2, 0.25) is 0 Å². The average molecular weight is 561 g/mol. The lowest BCUT2D eigenvalue weighted by molar-refractivity contribution is -0.129. The van der Waals surface area contributed by atoms with Crippen LogP contribution in [0.1, 0.15) is 23.6 Å². The zero-order valence-electron chi connectivity index (χ0n) is 17.5. The van der Waals surface area contributed by atoms with Crippen molar-refractivity contribution in [3.8, 4) is 11.5 Å². The number of aliphatic imine (C=N–C) groups is 1. The predicted molar refractivity (Wildman–Crippen MR) is 128 cm³/mol. The molecular formula is C25H18F2INO4. The summed E-state index contributed by atoms with van der Waals surface area (Å²) < 4.78 is 44.5. The monoisotopic (exact) mass is 561 g/mol. The van der Waals surface area contributed by atoms with Gasteiger partial charge in [-0.3, -0.25) is 0 Å². The molecule has 0 aliphatic carbocycles. The van der Waals surface area contributed by atoms with Gasteiger partial charge in [0.15, 0.2) is 17.2 Å². The smallest absolute Gasteiger partial charge is 0.363 e. The van der Waals surface area contributed by atoms with E-state index < -0.39 is 11.8 Å². The van der Waals surface area contributed by atoms with Crippen molar-refractivity contribution in [2.75, 3.05) is 6.61 Å². The van der Waals surface area contributed by atoms with E-state index in [-0.39, 0.29) is 24.0 Å². The van der Waals surface area contributed by atoms with E-state index in [0.717, 1.165) is 3.57 Å². The minimum Gasteiger partial charge on any atom is -0.490 e. The topological polar surface area (TPSA) is 57.1 Å². The van der Waals surface area contributed by atoms with Gasteiger partial charge in [-0.15, -0.1) is 0 Å². The van der Waals surface area contributed by atoms with E-state index in [9.17, 15) is 13.6 Å². The molecule has 4 rings (SSSR count). The Morgan fingerprint density at radius 2 is 1.79 bits per heavy atom. The number of hydrogen-bond donors (Lipinski definition) is 0. The molecule has 168 valence electrons. The summed E-state index contributed by atoms with van der Waals surface area (Å²) in [5.74, 6) is -0.378. The van der Waals surface area contributed by atoms with Crippen LogP contribution >= 0.6 is 22.6 Å². The maximum Gasteiger partial charge on any atom is 0.363 e. The zero-order valence-corrected chi connectivity index (χ0v) is 19.6. The number of ether oxygens (including phenoxy) is 3. The van der Waals surface area contributed by atoms with Gasteiger partial charge in [0.25, 0.3) is 0 Å². The first-order valence-corrected chi connectivity index (χ1v) is 11.1. The summed E-state index contributed by atoms with van der Waals surface area (Å²) in [6.07, 6.45) is 1.57. The summed E-state index contributed by atoms with van der Waals surface area (Å²) in [5.41, 5.74) is 1.79. The highest BCUT2D eigenvalue weighted by Gasteiger charge is 2.25. The second-order valence-electron chi connectivity index (χ2n) is 7.03. The Morgan fingerprint density at radius 1 is 1.03 bits per heavy atom. The molecule has 0 spiro atoms. The van der Waals surface area contributed by atoms with E-state index >= 15 is 0 Å². The molecule has 5 nitrogen and oxygen atoms in total. The van der Waals surface area contributed by atoms with Crippen LogP contribution in [0.5, 0.6) is 11.5 Å². The Morgan fingerprint density at radius 3 is 2.52 bits per heavy atom. The van der Waals surface area contributed by atoms with E-state index in [1.807, 2.05) is 6.92 Å². The molecule has 0 bridgehead atoms. The summed E-state index contributed by atoms with van der Waals surface area (Å²) in [6, 6.07) is 15.4. The van der Waals surface area contributed by atoms with Gasteiger partial charge in [0.05, 0.1) is 10.2 Å². The quantitative estimate of drug-likeness (QED) is 0.205. The van der Waals surface area contributed by atoms with E-state index in [0.29, 0.717) is 34.8 Å². The highest BCUT2D eigenvalue weighted by Crippen LogP contribution is 2.36. The molecule has 1 heterocycles. The van der Waals surface area contributed by atoms with Crippen LogP contribution in [0.15, 0.2) is 71.4 Å². The average Bonchev–Trinajstić information content (AvgIpc) is 3.14. The zero-order chi connectivity index (χ0) is 23.4. The van der Waals surface area contributed by atoms with Gasteiger partial charge in [-0.25, -0.2) is 18.6 Å². The van der Waals surface area contributed by atoms with Crippen LogP contribution in [0.25, 0.3) is 6.08 Å². The number of cyclic esters (lactones) is 1. The van der Waals surface area contributed by atoms with Gasteiger partial charge in [0.2, 0.25) is 5.90 Å². The second-order valence-corrected chi connectivity index (χ2v) is 8.19. The molecule has 1 aliphatic heterocycles. The van der Waals surface area contributed by atoms with Gasteiger partial charge in [-0.05, 0) is 89.2 Å². The minimum absolute atomic E-state index is 0.0422. The van der Waals surface area contributed by atoms with Gasteiger partial charge in [-0.2, -0.15) is 0 Å². The second kappa shape index (κ2) is 10.1. The molecule has 0 N–H and O–H groups in total. The Bertz CT molecular complexity index is 1270. The summed E-state index contributed by atoms with van der Waals surface area (Å²) in [4.78, 5) is 16.5. The lowest BCUT2D eigenvalue weighted by atomic mass is 10.1. The van der Waals surface area contributed by atoms with Crippen molar-refractivity contribution in [2.24, 2.45) is 4.99 Å². The van der Waals surface area contributed by atoms with Crippen LogP contribution in [-0.4, -0.2) is 18.5 Å². The maximum absolute atomic E-state index is 13.5. The Labute approximate surface area is 202 Å². The molecule has 0 amide bonds. The van der Waals surface area contributed by atoms with Gasteiger partial charge in [-0.1, -0.05) is 18.2 Å².